The molecule has 0 fully saturated rings. The van der Waals surface area contributed by atoms with Gasteiger partial charge in [-0.05, 0) is 51.4 Å². The van der Waals surface area contributed by atoms with E-state index in [9.17, 15) is 5.11 Å². The van der Waals surface area contributed by atoms with Gasteiger partial charge in [0.2, 0.25) is 0 Å². The summed E-state index contributed by atoms with van der Waals surface area (Å²) in [4.78, 5) is 0. The molecule has 0 radical (unpaired) electrons. The van der Waals surface area contributed by atoms with Crippen LogP contribution in [0.2, 0.25) is 0 Å². The van der Waals surface area contributed by atoms with Gasteiger partial charge in [0.05, 0.1) is 13.2 Å². The first-order valence-electron chi connectivity index (χ1n) is 6.33. The van der Waals surface area contributed by atoms with Crippen LogP contribution in [0.1, 0.15) is 38.3 Å². The molecule has 0 bridgehead atoms. The summed E-state index contributed by atoms with van der Waals surface area (Å²) >= 11 is 0. The fourth-order valence-electron chi connectivity index (χ4n) is 1.83. The zero-order valence-corrected chi connectivity index (χ0v) is 11.3. The van der Waals surface area contributed by atoms with E-state index < -0.39 is 0 Å². The maximum Gasteiger partial charge on any atom is 0.120 e. The first-order valence-corrected chi connectivity index (χ1v) is 6.33. The van der Waals surface area contributed by atoms with Crippen molar-refractivity contribution >= 4 is 0 Å². The quantitative estimate of drug-likeness (QED) is 0.652. The highest BCUT2D eigenvalue weighted by molar-refractivity contribution is 5.41. The zero-order valence-electron chi connectivity index (χ0n) is 11.3. The van der Waals surface area contributed by atoms with E-state index >= 15 is 0 Å². The van der Waals surface area contributed by atoms with Gasteiger partial charge in [0.1, 0.15) is 11.5 Å². The molecule has 0 saturated carbocycles. The third-order valence-electron chi connectivity index (χ3n) is 2.95. The standard InChI is InChI=1S/C14H23NO3/c1-10(16)5-4-8-15-11(2)13-9-12(18-3)6-7-14(13)17/h6-7,9-11,15-17H,4-5,8H2,1-3H3. The molecule has 0 amide bonds. The topological polar surface area (TPSA) is 61.7 Å². The van der Waals surface area contributed by atoms with Gasteiger partial charge >= 0.3 is 0 Å². The molecule has 4 nitrogen and oxygen atoms in total. The molecule has 0 heterocycles. The first-order chi connectivity index (χ1) is 8.54. The summed E-state index contributed by atoms with van der Waals surface area (Å²) in [6.07, 6.45) is 1.43. The molecule has 18 heavy (non-hydrogen) atoms. The Hall–Kier alpha value is -1.26. The number of phenolic OH excluding ortho intramolecular Hbond substituents is 1. The number of ether oxygens (including phenoxy) is 1. The molecular weight excluding hydrogens is 230 g/mol. The molecule has 4 heteroatoms. The predicted octanol–water partition coefficient (Wildman–Crippen LogP) is 2.21. The van der Waals surface area contributed by atoms with Gasteiger partial charge in [-0.25, -0.2) is 0 Å². The molecule has 0 aliphatic carbocycles. The largest absolute Gasteiger partial charge is 0.508 e. The number of aliphatic hydroxyl groups is 1. The highest BCUT2D eigenvalue weighted by Gasteiger charge is 2.11. The van der Waals surface area contributed by atoms with Crippen LogP contribution in [-0.4, -0.2) is 30.0 Å². The number of benzene rings is 1. The minimum absolute atomic E-state index is 0.0501. The molecule has 1 aromatic carbocycles. The van der Waals surface area contributed by atoms with Gasteiger partial charge < -0.3 is 20.3 Å². The Bertz CT molecular complexity index is 366. The lowest BCUT2D eigenvalue weighted by atomic mass is 10.1. The molecule has 1 rings (SSSR count). The van der Waals surface area contributed by atoms with Crippen LogP contribution in [0.25, 0.3) is 0 Å². The summed E-state index contributed by atoms with van der Waals surface area (Å²) < 4.78 is 5.15. The van der Waals surface area contributed by atoms with Crippen LogP contribution in [-0.2, 0) is 0 Å². The predicted molar refractivity (Wildman–Crippen MR) is 72.0 cm³/mol. The molecule has 1 aromatic rings. The van der Waals surface area contributed by atoms with Crippen molar-refractivity contribution in [2.45, 2.75) is 38.8 Å². The summed E-state index contributed by atoms with van der Waals surface area (Å²) in [5, 5.41) is 22.3. The fourth-order valence-corrected chi connectivity index (χ4v) is 1.83. The van der Waals surface area contributed by atoms with E-state index in [1.807, 2.05) is 13.0 Å². The van der Waals surface area contributed by atoms with Crippen molar-refractivity contribution in [3.63, 3.8) is 0 Å². The number of rotatable bonds is 7. The lowest BCUT2D eigenvalue weighted by Gasteiger charge is -2.16. The van der Waals surface area contributed by atoms with Crippen LogP contribution in [0.3, 0.4) is 0 Å². The number of hydrogen-bond donors (Lipinski definition) is 3. The highest BCUT2D eigenvalue weighted by Crippen LogP contribution is 2.28. The molecule has 0 aromatic heterocycles. The third kappa shape index (κ3) is 4.55. The second-order valence-corrected chi connectivity index (χ2v) is 4.59. The van der Waals surface area contributed by atoms with Crippen molar-refractivity contribution in [3.8, 4) is 11.5 Å². The van der Waals surface area contributed by atoms with Crippen LogP contribution in [0.4, 0.5) is 0 Å². The lowest BCUT2D eigenvalue weighted by Crippen LogP contribution is -2.20. The first kappa shape index (κ1) is 14.8. The highest BCUT2D eigenvalue weighted by atomic mass is 16.5. The molecule has 0 aliphatic heterocycles. The van der Waals surface area contributed by atoms with Gasteiger partial charge in [0.15, 0.2) is 0 Å². The van der Waals surface area contributed by atoms with E-state index in [1.54, 1.807) is 26.2 Å². The van der Waals surface area contributed by atoms with E-state index in [2.05, 4.69) is 5.32 Å². The van der Waals surface area contributed by atoms with Crippen molar-refractivity contribution in [2.24, 2.45) is 0 Å². The maximum absolute atomic E-state index is 9.81. The van der Waals surface area contributed by atoms with Crippen LogP contribution in [0.15, 0.2) is 18.2 Å². The van der Waals surface area contributed by atoms with Crippen LogP contribution in [0.5, 0.6) is 11.5 Å². The smallest absolute Gasteiger partial charge is 0.120 e. The number of nitrogens with one attached hydrogen (secondary N) is 1. The van der Waals surface area contributed by atoms with Crippen molar-refractivity contribution in [1.29, 1.82) is 0 Å². The average Bonchev–Trinajstić information content (AvgIpc) is 2.34. The second kappa shape index (κ2) is 7.24. The van der Waals surface area contributed by atoms with E-state index in [0.29, 0.717) is 0 Å². The normalized spacial score (nSPS) is 14.2. The van der Waals surface area contributed by atoms with E-state index in [0.717, 1.165) is 30.7 Å². The second-order valence-electron chi connectivity index (χ2n) is 4.59. The number of methoxy groups -OCH3 is 1. The fraction of sp³-hybridized carbons (Fsp3) is 0.571. The SMILES string of the molecule is COc1ccc(O)c(C(C)NCCCC(C)O)c1. The van der Waals surface area contributed by atoms with Crippen LogP contribution < -0.4 is 10.1 Å². The Kier molecular flexibility index (Phi) is 5.95. The monoisotopic (exact) mass is 253 g/mol. The van der Waals surface area contributed by atoms with Crippen molar-refractivity contribution < 1.29 is 14.9 Å². The molecular formula is C14H23NO3. The molecule has 3 N–H and O–H groups in total. The van der Waals surface area contributed by atoms with Crippen molar-refractivity contribution in [1.82, 2.24) is 5.32 Å². The summed E-state index contributed by atoms with van der Waals surface area (Å²) in [7, 11) is 1.61. The Morgan fingerprint density at radius 3 is 2.67 bits per heavy atom. The number of phenols is 1. The van der Waals surface area contributed by atoms with Gasteiger partial charge in [0.25, 0.3) is 0 Å². The Labute approximate surface area is 109 Å². The Morgan fingerprint density at radius 1 is 1.33 bits per heavy atom. The van der Waals surface area contributed by atoms with E-state index in [4.69, 9.17) is 9.84 Å². The summed E-state index contributed by atoms with van der Waals surface area (Å²) in [6.45, 7) is 4.59. The third-order valence-corrected chi connectivity index (χ3v) is 2.95. The van der Waals surface area contributed by atoms with Gasteiger partial charge in [-0.15, -0.1) is 0 Å². The summed E-state index contributed by atoms with van der Waals surface area (Å²) in [5.41, 5.74) is 0.825. The Morgan fingerprint density at radius 2 is 2.06 bits per heavy atom. The van der Waals surface area contributed by atoms with Gasteiger partial charge in [0, 0.05) is 11.6 Å². The number of hydrogen-bond acceptors (Lipinski definition) is 4. The van der Waals surface area contributed by atoms with Crippen LogP contribution >= 0.6 is 0 Å². The van der Waals surface area contributed by atoms with Crippen LogP contribution in [0, 0.1) is 0 Å². The van der Waals surface area contributed by atoms with E-state index in [1.165, 1.54) is 0 Å². The lowest BCUT2D eigenvalue weighted by molar-refractivity contribution is 0.181. The molecule has 0 spiro atoms. The molecule has 0 aliphatic rings. The number of aromatic hydroxyl groups is 1. The maximum atomic E-state index is 9.81. The Balaban J connectivity index is 2.52. The average molecular weight is 253 g/mol. The zero-order chi connectivity index (χ0) is 13.5. The molecule has 2 atom stereocenters. The van der Waals surface area contributed by atoms with Crippen molar-refractivity contribution in [3.05, 3.63) is 23.8 Å². The van der Waals surface area contributed by atoms with E-state index in [-0.39, 0.29) is 17.9 Å². The summed E-state index contributed by atoms with van der Waals surface area (Å²) in [5.74, 6) is 1.01. The molecule has 102 valence electrons. The number of aliphatic hydroxyl groups excluding tert-OH is 1. The minimum Gasteiger partial charge on any atom is -0.508 e. The molecule has 0 saturated heterocycles. The molecule has 2 unspecified atom stereocenters. The van der Waals surface area contributed by atoms with Gasteiger partial charge in [-0.3, -0.25) is 0 Å². The van der Waals surface area contributed by atoms with Crippen molar-refractivity contribution in [2.75, 3.05) is 13.7 Å². The summed E-state index contributed by atoms with van der Waals surface area (Å²) in [6, 6.07) is 5.26. The van der Waals surface area contributed by atoms with Gasteiger partial charge in [-0.2, -0.15) is 0 Å². The minimum atomic E-state index is -0.257. The van der Waals surface area contributed by atoms with Gasteiger partial charge in [-0.1, -0.05) is 0 Å².